The van der Waals surface area contributed by atoms with Crippen molar-refractivity contribution in [2.45, 2.75) is 45.2 Å². The van der Waals surface area contributed by atoms with Crippen molar-refractivity contribution in [2.24, 2.45) is 11.7 Å². The third-order valence-electron chi connectivity index (χ3n) is 5.09. The fourth-order valence-electron chi connectivity index (χ4n) is 3.50. The van der Waals surface area contributed by atoms with Gasteiger partial charge in [-0.05, 0) is 60.7 Å². The molecule has 26 heavy (non-hydrogen) atoms. The van der Waals surface area contributed by atoms with Crippen LogP contribution in [0.4, 0.5) is 4.39 Å². The molecule has 1 saturated heterocycles. The molecule has 7 nitrogen and oxygen atoms in total. The molecule has 0 spiro atoms. The number of carbonyl (C=O) groups excluding carboxylic acids is 1. The highest BCUT2D eigenvalue weighted by Crippen LogP contribution is 2.24. The molecule has 0 aliphatic carbocycles. The van der Waals surface area contributed by atoms with Crippen molar-refractivity contribution in [2.75, 3.05) is 13.1 Å². The number of aromatic nitrogens is 4. The zero-order valence-electron chi connectivity index (χ0n) is 15.2. The van der Waals surface area contributed by atoms with E-state index < -0.39 is 6.04 Å². The van der Waals surface area contributed by atoms with Gasteiger partial charge in [0.25, 0.3) is 0 Å². The second-order valence-electron chi connectivity index (χ2n) is 7.06. The Morgan fingerprint density at radius 1 is 1.38 bits per heavy atom. The number of benzene rings is 1. The first-order chi connectivity index (χ1) is 12.5. The van der Waals surface area contributed by atoms with Crippen LogP contribution in [0.5, 0.6) is 0 Å². The standard InChI is InChI=1S/C18H25FN6O/c1-12(20)15-4-3-9-24(11-15)18(26)17(25-13(2)21-22-23-25)10-14-5-7-16(19)8-6-14/h5-8,12,15,17H,3-4,9-11,20H2,1-2H3. The molecule has 1 aromatic carbocycles. The van der Waals surface area contributed by atoms with E-state index in [2.05, 4.69) is 15.5 Å². The Hall–Kier alpha value is -2.35. The van der Waals surface area contributed by atoms with Crippen LogP contribution in [-0.2, 0) is 11.2 Å². The number of amides is 1. The highest BCUT2D eigenvalue weighted by atomic mass is 19.1. The number of hydrogen-bond acceptors (Lipinski definition) is 5. The lowest BCUT2D eigenvalue weighted by Gasteiger charge is -2.36. The van der Waals surface area contributed by atoms with E-state index in [-0.39, 0.29) is 17.8 Å². The van der Waals surface area contributed by atoms with Gasteiger partial charge in [-0.2, -0.15) is 0 Å². The number of nitrogens with zero attached hydrogens (tertiary/aromatic N) is 5. The first-order valence-electron chi connectivity index (χ1n) is 8.99. The zero-order valence-corrected chi connectivity index (χ0v) is 15.2. The van der Waals surface area contributed by atoms with Gasteiger partial charge >= 0.3 is 0 Å². The lowest BCUT2D eigenvalue weighted by molar-refractivity contribution is -0.137. The van der Waals surface area contributed by atoms with Gasteiger partial charge < -0.3 is 10.6 Å². The van der Waals surface area contributed by atoms with E-state index in [0.29, 0.717) is 31.3 Å². The number of hydrogen-bond donors (Lipinski definition) is 1. The van der Waals surface area contributed by atoms with Gasteiger partial charge in [0.1, 0.15) is 17.7 Å². The number of tetrazole rings is 1. The monoisotopic (exact) mass is 360 g/mol. The quantitative estimate of drug-likeness (QED) is 0.872. The average Bonchev–Trinajstić information content (AvgIpc) is 3.06. The van der Waals surface area contributed by atoms with Crippen LogP contribution < -0.4 is 5.73 Å². The average molecular weight is 360 g/mol. The highest BCUT2D eigenvalue weighted by Gasteiger charge is 2.32. The molecular formula is C18H25FN6O. The number of halogens is 1. The van der Waals surface area contributed by atoms with Crippen LogP contribution in [0.15, 0.2) is 24.3 Å². The molecule has 2 heterocycles. The summed E-state index contributed by atoms with van der Waals surface area (Å²) in [6, 6.07) is 5.68. The molecule has 3 rings (SSSR count). The fourth-order valence-corrected chi connectivity index (χ4v) is 3.50. The van der Waals surface area contributed by atoms with Crippen LogP contribution in [0, 0.1) is 18.7 Å². The maximum absolute atomic E-state index is 13.3. The van der Waals surface area contributed by atoms with Crippen LogP contribution in [0.3, 0.4) is 0 Å². The molecule has 140 valence electrons. The Labute approximate surface area is 152 Å². The summed E-state index contributed by atoms with van der Waals surface area (Å²) in [5.74, 6) is 0.557. The van der Waals surface area contributed by atoms with Gasteiger partial charge in [-0.25, -0.2) is 9.07 Å². The van der Waals surface area contributed by atoms with Crippen molar-refractivity contribution in [1.29, 1.82) is 0 Å². The summed E-state index contributed by atoms with van der Waals surface area (Å²) in [7, 11) is 0. The molecule has 1 aromatic heterocycles. The first-order valence-corrected chi connectivity index (χ1v) is 8.99. The number of rotatable bonds is 5. The summed E-state index contributed by atoms with van der Waals surface area (Å²) >= 11 is 0. The molecule has 0 saturated carbocycles. The van der Waals surface area contributed by atoms with Crippen LogP contribution in [0.25, 0.3) is 0 Å². The molecule has 2 aromatic rings. The number of likely N-dealkylation sites (tertiary alicyclic amines) is 1. The number of piperidine rings is 1. The smallest absolute Gasteiger partial charge is 0.247 e. The van der Waals surface area contributed by atoms with Gasteiger partial charge in [-0.1, -0.05) is 12.1 Å². The van der Waals surface area contributed by atoms with Crippen molar-refractivity contribution in [3.63, 3.8) is 0 Å². The van der Waals surface area contributed by atoms with Gasteiger partial charge in [0.15, 0.2) is 0 Å². The van der Waals surface area contributed by atoms with Gasteiger partial charge in [0, 0.05) is 25.6 Å². The van der Waals surface area contributed by atoms with Crippen molar-refractivity contribution in [3.8, 4) is 0 Å². The van der Waals surface area contributed by atoms with E-state index in [4.69, 9.17) is 5.73 Å². The molecule has 0 bridgehead atoms. The normalized spacial score (nSPS) is 20.0. The predicted molar refractivity (Wildman–Crippen MR) is 94.6 cm³/mol. The number of aryl methyl sites for hydroxylation is 1. The van der Waals surface area contributed by atoms with Crippen LogP contribution in [-0.4, -0.2) is 50.1 Å². The van der Waals surface area contributed by atoms with E-state index in [1.165, 1.54) is 12.1 Å². The molecule has 3 unspecified atom stereocenters. The lowest BCUT2D eigenvalue weighted by atomic mass is 9.91. The lowest BCUT2D eigenvalue weighted by Crippen LogP contribution is -2.48. The van der Waals surface area contributed by atoms with E-state index >= 15 is 0 Å². The van der Waals surface area contributed by atoms with Gasteiger partial charge in [0.2, 0.25) is 5.91 Å². The number of carbonyl (C=O) groups is 1. The van der Waals surface area contributed by atoms with E-state index in [1.54, 1.807) is 23.7 Å². The molecule has 1 aliphatic heterocycles. The summed E-state index contributed by atoms with van der Waals surface area (Å²) in [5.41, 5.74) is 6.91. The van der Waals surface area contributed by atoms with Crippen molar-refractivity contribution in [3.05, 3.63) is 41.5 Å². The minimum atomic E-state index is -0.553. The third kappa shape index (κ3) is 4.07. The second kappa shape index (κ2) is 7.90. The summed E-state index contributed by atoms with van der Waals surface area (Å²) in [5, 5.41) is 11.6. The van der Waals surface area contributed by atoms with Crippen molar-refractivity contribution < 1.29 is 9.18 Å². The highest BCUT2D eigenvalue weighted by molar-refractivity contribution is 5.81. The van der Waals surface area contributed by atoms with Gasteiger partial charge in [-0.15, -0.1) is 5.10 Å². The minimum Gasteiger partial charge on any atom is -0.340 e. The SMILES string of the molecule is Cc1nnnn1C(Cc1ccc(F)cc1)C(=O)N1CCCC(C(C)N)C1. The van der Waals surface area contributed by atoms with E-state index in [1.807, 2.05) is 11.8 Å². The van der Waals surface area contributed by atoms with E-state index in [9.17, 15) is 9.18 Å². The van der Waals surface area contributed by atoms with Crippen LogP contribution in [0.1, 0.15) is 37.2 Å². The molecule has 0 radical (unpaired) electrons. The Kier molecular flexibility index (Phi) is 5.61. The predicted octanol–water partition coefficient (Wildman–Crippen LogP) is 1.49. The van der Waals surface area contributed by atoms with Crippen LogP contribution >= 0.6 is 0 Å². The Morgan fingerprint density at radius 2 is 2.12 bits per heavy atom. The second-order valence-corrected chi connectivity index (χ2v) is 7.06. The maximum Gasteiger partial charge on any atom is 0.247 e. The van der Waals surface area contributed by atoms with Crippen molar-refractivity contribution in [1.82, 2.24) is 25.1 Å². The zero-order chi connectivity index (χ0) is 18.7. The first kappa shape index (κ1) is 18.4. The number of nitrogens with two attached hydrogens (primary N) is 1. The Balaban J connectivity index is 1.84. The summed E-state index contributed by atoms with van der Waals surface area (Å²) < 4.78 is 14.8. The Bertz CT molecular complexity index is 744. The maximum atomic E-state index is 13.3. The van der Waals surface area contributed by atoms with Crippen molar-refractivity contribution >= 4 is 5.91 Å². The molecular weight excluding hydrogens is 335 g/mol. The molecule has 2 N–H and O–H groups in total. The topological polar surface area (TPSA) is 89.9 Å². The Morgan fingerprint density at radius 3 is 2.73 bits per heavy atom. The van der Waals surface area contributed by atoms with E-state index in [0.717, 1.165) is 18.4 Å². The summed E-state index contributed by atoms with van der Waals surface area (Å²) in [6.07, 6.45) is 2.38. The summed E-state index contributed by atoms with van der Waals surface area (Å²) in [6.45, 7) is 5.12. The molecule has 3 atom stereocenters. The van der Waals surface area contributed by atoms with Crippen LogP contribution in [0.2, 0.25) is 0 Å². The molecule has 1 amide bonds. The van der Waals surface area contributed by atoms with Gasteiger partial charge in [-0.3, -0.25) is 4.79 Å². The molecule has 1 fully saturated rings. The third-order valence-corrected chi connectivity index (χ3v) is 5.09. The molecule has 1 aliphatic rings. The fraction of sp³-hybridized carbons (Fsp3) is 0.556. The minimum absolute atomic E-state index is 0.0184. The molecule has 8 heteroatoms. The van der Waals surface area contributed by atoms with Gasteiger partial charge in [0.05, 0.1) is 0 Å². The summed E-state index contributed by atoms with van der Waals surface area (Å²) in [4.78, 5) is 15.2. The largest absolute Gasteiger partial charge is 0.340 e.